The minimum absolute atomic E-state index is 0.0275. The molecule has 0 saturated carbocycles. The van der Waals surface area contributed by atoms with Crippen molar-refractivity contribution in [1.82, 2.24) is 19.8 Å². The Kier molecular flexibility index (Phi) is 7.27. The SMILES string of the molecule is COC(=O)c1ccc2c(=O)n(CCc3ccccc3)c(SCCCN3C(=O)CNC3=O)nc2c1. The average molecular weight is 481 g/mol. The third-order valence-corrected chi connectivity index (χ3v) is 6.57. The molecule has 1 fully saturated rings. The van der Waals surface area contributed by atoms with Crippen molar-refractivity contribution in [3.05, 3.63) is 70.0 Å². The summed E-state index contributed by atoms with van der Waals surface area (Å²) in [7, 11) is 1.30. The van der Waals surface area contributed by atoms with Crippen molar-refractivity contribution >= 4 is 40.6 Å². The average Bonchev–Trinajstić information content (AvgIpc) is 3.18. The lowest BCUT2D eigenvalue weighted by Gasteiger charge is -2.15. The summed E-state index contributed by atoms with van der Waals surface area (Å²) in [6.45, 7) is 0.769. The van der Waals surface area contributed by atoms with Crippen LogP contribution >= 0.6 is 11.8 Å². The Labute approximate surface area is 200 Å². The fourth-order valence-electron chi connectivity index (χ4n) is 3.71. The summed E-state index contributed by atoms with van der Waals surface area (Å²) in [4.78, 5) is 54.6. The number of aryl methyl sites for hydroxylation is 1. The van der Waals surface area contributed by atoms with Gasteiger partial charge in [-0.1, -0.05) is 42.1 Å². The molecule has 1 N–H and O–H groups in total. The molecule has 1 aliphatic rings. The molecule has 2 heterocycles. The van der Waals surface area contributed by atoms with Crippen molar-refractivity contribution in [1.29, 1.82) is 0 Å². The van der Waals surface area contributed by atoms with Crippen LogP contribution in [0.15, 0.2) is 58.5 Å². The molecule has 9 nitrogen and oxygen atoms in total. The first-order valence-electron chi connectivity index (χ1n) is 10.9. The van der Waals surface area contributed by atoms with Gasteiger partial charge in [0.2, 0.25) is 5.91 Å². The van der Waals surface area contributed by atoms with Gasteiger partial charge in [0.1, 0.15) is 0 Å². The van der Waals surface area contributed by atoms with E-state index in [1.54, 1.807) is 22.8 Å². The van der Waals surface area contributed by atoms with E-state index in [1.807, 2.05) is 30.3 Å². The lowest BCUT2D eigenvalue weighted by Crippen LogP contribution is -2.32. The van der Waals surface area contributed by atoms with Gasteiger partial charge in [0, 0.05) is 18.8 Å². The van der Waals surface area contributed by atoms with E-state index >= 15 is 0 Å². The van der Waals surface area contributed by atoms with E-state index in [4.69, 9.17) is 4.74 Å². The van der Waals surface area contributed by atoms with Gasteiger partial charge < -0.3 is 10.1 Å². The van der Waals surface area contributed by atoms with Crippen LogP contribution in [-0.2, 0) is 22.5 Å². The number of imide groups is 1. The van der Waals surface area contributed by atoms with Gasteiger partial charge in [-0.15, -0.1) is 0 Å². The summed E-state index contributed by atoms with van der Waals surface area (Å²) in [6.07, 6.45) is 1.21. The number of fused-ring (bicyclic) bond motifs is 1. The zero-order chi connectivity index (χ0) is 24.1. The number of hydrogen-bond acceptors (Lipinski definition) is 7. The van der Waals surface area contributed by atoms with Gasteiger partial charge in [0.15, 0.2) is 5.16 Å². The number of carbonyl (C=O) groups is 3. The Morgan fingerprint density at radius 1 is 1.12 bits per heavy atom. The van der Waals surface area contributed by atoms with Crippen LogP contribution in [0.25, 0.3) is 10.9 Å². The smallest absolute Gasteiger partial charge is 0.337 e. The molecule has 176 valence electrons. The van der Waals surface area contributed by atoms with Crippen molar-refractivity contribution in [2.75, 3.05) is 26.0 Å². The molecular formula is C24H24N4O5S. The fraction of sp³-hybridized carbons (Fsp3) is 0.292. The number of aromatic nitrogens is 2. The molecule has 4 rings (SSSR count). The van der Waals surface area contributed by atoms with Crippen LogP contribution in [0.5, 0.6) is 0 Å². The van der Waals surface area contributed by atoms with Crippen LogP contribution in [0, 0.1) is 0 Å². The van der Waals surface area contributed by atoms with Gasteiger partial charge in [-0.3, -0.25) is 19.1 Å². The molecule has 1 aromatic heterocycles. The highest BCUT2D eigenvalue weighted by molar-refractivity contribution is 7.99. The summed E-state index contributed by atoms with van der Waals surface area (Å²) in [5.74, 6) is -0.189. The summed E-state index contributed by atoms with van der Waals surface area (Å²) >= 11 is 1.38. The Balaban J connectivity index is 1.58. The number of ether oxygens (including phenoxy) is 1. The first-order valence-corrected chi connectivity index (χ1v) is 11.8. The van der Waals surface area contributed by atoms with E-state index in [-0.39, 0.29) is 24.0 Å². The number of nitrogens with one attached hydrogen (secondary N) is 1. The first-order chi connectivity index (χ1) is 16.5. The summed E-state index contributed by atoms with van der Waals surface area (Å²) in [5.41, 5.74) is 1.65. The zero-order valence-corrected chi connectivity index (χ0v) is 19.5. The predicted octanol–water partition coefficient (Wildman–Crippen LogP) is 2.46. The van der Waals surface area contributed by atoms with E-state index in [0.717, 1.165) is 5.56 Å². The van der Waals surface area contributed by atoms with Gasteiger partial charge in [0.05, 0.1) is 30.1 Å². The highest BCUT2D eigenvalue weighted by Gasteiger charge is 2.27. The molecule has 3 aromatic rings. The second kappa shape index (κ2) is 10.5. The molecule has 1 saturated heterocycles. The number of thioether (sulfide) groups is 1. The molecule has 0 aliphatic carbocycles. The van der Waals surface area contributed by atoms with E-state index < -0.39 is 5.97 Å². The predicted molar refractivity (Wildman–Crippen MR) is 128 cm³/mol. The van der Waals surface area contributed by atoms with E-state index in [0.29, 0.717) is 53.3 Å². The highest BCUT2D eigenvalue weighted by Crippen LogP contribution is 2.21. The molecule has 0 spiro atoms. The van der Waals surface area contributed by atoms with Crippen molar-refractivity contribution in [2.24, 2.45) is 0 Å². The molecule has 2 aromatic carbocycles. The number of benzene rings is 2. The van der Waals surface area contributed by atoms with Gasteiger partial charge in [-0.2, -0.15) is 0 Å². The summed E-state index contributed by atoms with van der Waals surface area (Å²) < 4.78 is 6.43. The Morgan fingerprint density at radius 2 is 1.91 bits per heavy atom. The number of methoxy groups -OCH3 is 1. The lowest BCUT2D eigenvalue weighted by molar-refractivity contribution is -0.124. The van der Waals surface area contributed by atoms with Crippen LogP contribution < -0.4 is 10.9 Å². The van der Waals surface area contributed by atoms with Crippen molar-refractivity contribution in [3.63, 3.8) is 0 Å². The van der Waals surface area contributed by atoms with Crippen LogP contribution in [0.4, 0.5) is 4.79 Å². The quantitative estimate of drug-likeness (QED) is 0.165. The number of rotatable bonds is 9. The molecule has 0 unspecified atom stereocenters. The molecule has 0 atom stereocenters. The highest BCUT2D eigenvalue weighted by atomic mass is 32.2. The number of esters is 1. The minimum Gasteiger partial charge on any atom is -0.465 e. The van der Waals surface area contributed by atoms with Crippen molar-refractivity contribution < 1.29 is 19.1 Å². The normalized spacial score (nSPS) is 13.4. The summed E-state index contributed by atoms with van der Waals surface area (Å²) in [6, 6.07) is 14.2. The maximum atomic E-state index is 13.3. The molecule has 10 heteroatoms. The molecular weight excluding hydrogens is 456 g/mol. The van der Waals surface area contributed by atoms with Gasteiger partial charge in [-0.25, -0.2) is 14.6 Å². The van der Waals surface area contributed by atoms with E-state index in [2.05, 4.69) is 10.3 Å². The second-order valence-corrected chi connectivity index (χ2v) is 8.78. The van der Waals surface area contributed by atoms with Crippen LogP contribution in [0.1, 0.15) is 22.3 Å². The van der Waals surface area contributed by atoms with E-state index in [9.17, 15) is 19.2 Å². The van der Waals surface area contributed by atoms with Crippen LogP contribution in [0.2, 0.25) is 0 Å². The molecule has 1 aliphatic heterocycles. The Bertz CT molecular complexity index is 1280. The molecule has 0 bridgehead atoms. The first kappa shape index (κ1) is 23.5. The van der Waals surface area contributed by atoms with E-state index in [1.165, 1.54) is 23.8 Å². The number of carbonyl (C=O) groups excluding carboxylic acids is 3. The maximum Gasteiger partial charge on any atom is 0.337 e. The zero-order valence-electron chi connectivity index (χ0n) is 18.7. The van der Waals surface area contributed by atoms with Crippen LogP contribution in [-0.4, -0.2) is 58.3 Å². The largest absolute Gasteiger partial charge is 0.465 e. The Hall–Kier alpha value is -3.66. The summed E-state index contributed by atoms with van der Waals surface area (Å²) in [5, 5.41) is 3.44. The molecule has 0 radical (unpaired) electrons. The Morgan fingerprint density at radius 3 is 2.62 bits per heavy atom. The molecule has 3 amide bonds. The van der Waals surface area contributed by atoms with Crippen molar-refractivity contribution in [2.45, 2.75) is 24.5 Å². The van der Waals surface area contributed by atoms with Gasteiger partial charge >= 0.3 is 12.0 Å². The number of amides is 3. The standard InChI is InChI=1S/C24H24N4O5S/c1-33-22(31)17-8-9-18-19(14-17)26-24(34-13-5-11-27-20(29)15-25-23(27)32)28(21(18)30)12-10-16-6-3-2-4-7-16/h2-4,6-9,14H,5,10-13,15H2,1H3,(H,25,32). The van der Waals surface area contributed by atoms with Crippen molar-refractivity contribution in [3.8, 4) is 0 Å². The second-order valence-electron chi connectivity index (χ2n) is 7.72. The third kappa shape index (κ3) is 5.12. The fourth-order valence-corrected chi connectivity index (χ4v) is 4.66. The molecule has 34 heavy (non-hydrogen) atoms. The van der Waals surface area contributed by atoms with Gasteiger partial charge in [-0.05, 0) is 36.6 Å². The topological polar surface area (TPSA) is 111 Å². The third-order valence-electron chi connectivity index (χ3n) is 5.50. The number of hydrogen-bond donors (Lipinski definition) is 1. The monoisotopic (exact) mass is 480 g/mol. The maximum absolute atomic E-state index is 13.3. The number of urea groups is 1. The van der Waals surface area contributed by atoms with Gasteiger partial charge in [0.25, 0.3) is 5.56 Å². The van der Waals surface area contributed by atoms with Crippen LogP contribution in [0.3, 0.4) is 0 Å². The minimum atomic E-state index is -0.500. The number of nitrogens with zero attached hydrogens (tertiary/aromatic N) is 3. The lowest BCUT2D eigenvalue weighted by atomic mass is 10.1.